The van der Waals surface area contributed by atoms with Crippen LogP contribution in [-0.2, 0) is 17.6 Å². The van der Waals surface area contributed by atoms with Crippen LogP contribution in [0.2, 0.25) is 0 Å². The largest absolute Gasteiger partial charge is 0.482 e. The van der Waals surface area contributed by atoms with Gasteiger partial charge in [0.2, 0.25) is 0 Å². The van der Waals surface area contributed by atoms with E-state index in [0.717, 1.165) is 11.1 Å². The van der Waals surface area contributed by atoms with Crippen LogP contribution in [0.5, 0.6) is 5.75 Å². The number of aliphatic carboxylic acids is 1. The SMILES string of the molecule is [CH2][C@@]1(O)CCc2c(cccc2OCC(=O)O)C1. The van der Waals surface area contributed by atoms with Crippen molar-refractivity contribution in [3.8, 4) is 5.75 Å². The minimum Gasteiger partial charge on any atom is -0.482 e. The van der Waals surface area contributed by atoms with Gasteiger partial charge in [-0.1, -0.05) is 12.1 Å². The summed E-state index contributed by atoms with van der Waals surface area (Å²) in [6.45, 7) is 3.41. The first-order chi connectivity index (χ1) is 7.98. The molecule has 1 aromatic rings. The van der Waals surface area contributed by atoms with Crippen molar-refractivity contribution in [2.24, 2.45) is 0 Å². The summed E-state index contributed by atoms with van der Waals surface area (Å²) in [5, 5.41) is 18.5. The second kappa shape index (κ2) is 4.37. The molecule has 1 atom stereocenters. The Labute approximate surface area is 99.8 Å². The zero-order chi connectivity index (χ0) is 12.5. The Morgan fingerprint density at radius 3 is 3.00 bits per heavy atom. The van der Waals surface area contributed by atoms with Gasteiger partial charge in [0.15, 0.2) is 6.61 Å². The van der Waals surface area contributed by atoms with Gasteiger partial charge in [0.25, 0.3) is 0 Å². The third-order valence-corrected chi connectivity index (χ3v) is 2.94. The van der Waals surface area contributed by atoms with E-state index in [2.05, 4.69) is 6.92 Å². The van der Waals surface area contributed by atoms with Gasteiger partial charge in [-0.25, -0.2) is 4.79 Å². The fourth-order valence-corrected chi connectivity index (χ4v) is 2.14. The Kier molecular flexibility index (Phi) is 3.07. The van der Waals surface area contributed by atoms with Crippen LogP contribution < -0.4 is 4.74 Å². The Morgan fingerprint density at radius 1 is 1.53 bits per heavy atom. The fourth-order valence-electron chi connectivity index (χ4n) is 2.14. The van der Waals surface area contributed by atoms with E-state index in [4.69, 9.17) is 9.84 Å². The number of fused-ring (bicyclic) bond motifs is 1. The maximum Gasteiger partial charge on any atom is 0.341 e. The van der Waals surface area contributed by atoms with Gasteiger partial charge in [-0.3, -0.25) is 0 Å². The Bertz CT molecular complexity index is 437. The normalized spacial score (nSPS) is 22.9. The van der Waals surface area contributed by atoms with E-state index in [1.165, 1.54) is 0 Å². The summed E-state index contributed by atoms with van der Waals surface area (Å²) in [5.41, 5.74) is 1.05. The highest BCUT2D eigenvalue weighted by Gasteiger charge is 2.28. The lowest BCUT2D eigenvalue weighted by atomic mass is 9.81. The van der Waals surface area contributed by atoms with Gasteiger partial charge in [0.1, 0.15) is 5.75 Å². The third-order valence-electron chi connectivity index (χ3n) is 2.94. The highest BCUT2D eigenvalue weighted by atomic mass is 16.5. The van der Waals surface area contributed by atoms with Crippen molar-refractivity contribution in [2.45, 2.75) is 24.9 Å². The lowest BCUT2D eigenvalue weighted by molar-refractivity contribution is -0.139. The Hall–Kier alpha value is -1.55. The summed E-state index contributed by atoms with van der Waals surface area (Å²) in [7, 11) is 0. The van der Waals surface area contributed by atoms with Crippen molar-refractivity contribution >= 4 is 5.97 Å². The highest BCUT2D eigenvalue weighted by Crippen LogP contribution is 2.33. The van der Waals surface area contributed by atoms with Gasteiger partial charge in [0, 0.05) is 6.42 Å². The van der Waals surface area contributed by atoms with Crippen LogP contribution in [0.3, 0.4) is 0 Å². The van der Waals surface area contributed by atoms with Crippen molar-refractivity contribution in [3.05, 3.63) is 36.2 Å². The van der Waals surface area contributed by atoms with Crippen molar-refractivity contribution in [1.29, 1.82) is 0 Å². The number of benzene rings is 1. The minimum atomic E-state index is -0.993. The molecule has 4 nitrogen and oxygen atoms in total. The molecule has 2 rings (SSSR count). The van der Waals surface area contributed by atoms with E-state index in [1.807, 2.05) is 6.07 Å². The molecule has 0 heterocycles. The molecule has 0 unspecified atom stereocenters. The number of rotatable bonds is 3. The van der Waals surface area contributed by atoms with Gasteiger partial charge in [-0.2, -0.15) is 0 Å². The smallest absolute Gasteiger partial charge is 0.341 e. The van der Waals surface area contributed by atoms with E-state index in [-0.39, 0.29) is 6.61 Å². The van der Waals surface area contributed by atoms with E-state index < -0.39 is 11.6 Å². The topological polar surface area (TPSA) is 66.8 Å². The molecule has 1 radical (unpaired) electrons. The molecule has 1 aliphatic rings. The average Bonchev–Trinajstić information content (AvgIpc) is 2.24. The van der Waals surface area contributed by atoms with E-state index >= 15 is 0 Å². The van der Waals surface area contributed by atoms with E-state index in [9.17, 15) is 9.90 Å². The average molecular weight is 235 g/mol. The lowest BCUT2D eigenvalue weighted by Crippen LogP contribution is -2.32. The molecule has 0 saturated carbocycles. The third kappa shape index (κ3) is 2.77. The number of ether oxygens (including phenoxy) is 1. The van der Waals surface area contributed by atoms with Crippen LogP contribution in [0.25, 0.3) is 0 Å². The molecule has 91 valence electrons. The monoisotopic (exact) mass is 235 g/mol. The number of carboxylic acids is 1. The quantitative estimate of drug-likeness (QED) is 0.826. The molecule has 1 aromatic carbocycles. The summed E-state index contributed by atoms with van der Waals surface area (Å²) in [6, 6.07) is 5.48. The van der Waals surface area contributed by atoms with Crippen LogP contribution >= 0.6 is 0 Å². The molecule has 0 aromatic heterocycles. The van der Waals surface area contributed by atoms with E-state index in [0.29, 0.717) is 25.0 Å². The predicted molar refractivity (Wildman–Crippen MR) is 61.9 cm³/mol. The van der Waals surface area contributed by atoms with Gasteiger partial charge in [-0.05, 0) is 37.0 Å². The summed E-state index contributed by atoms with van der Waals surface area (Å²) < 4.78 is 5.23. The maximum atomic E-state index is 10.5. The van der Waals surface area contributed by atoms with Gasteiger partial charge < -0.3 is 14.9 Å². The van der Waals surface area contributed by atoms with Crippen LogP contribution in [0.1, 0.15) is 17.5 Å². The first-order valence-corrected chi connectivity index (χ1v) is 5.51. The number of aliphatic hydroxyl groups is 1. The molecule has 0 fully saturated rings. The summed E-state index contributed by atoms with van der Waals surface area (Å²) in [5.74, 6) is -0.396. The molecule has 0 bridgehead atoms. The second-order valence-electron chi connectivity index (χ2n) is 4.48. The molecule has 4 heteroatoms. The molecule has 1 aliphatic carbocycles. The highest BCUT2D eigenvalue weighted by molar-refractivity contribution is 5.68. The van der Waals surface area contributed by atoms with Crippen LogP contribution in [-0.4, -0.2) is 28.4 Å². The molecule has 0 aliphatic heterocycles. The summed E-state index contributed by atoms with van der Waals surface area (Å²) in [4.78, 5) is 10.5. The van der Waals surface area contributed by atoms with Gasteiger partial charge >= 0.3 is 5.97 Å². The van der Waals surface area contributed by atoms with Crippen LogP contribution in [0.15, 0.2) is 18.2 Å². The maximum absolute atomic E-state index is 10.5. The van der Waals surface area contributed by atoms with Crippen molar-refractivity contribution in [2.75, 3.05) is 6.61 Å². The van der Waals surface area contributed by atoms with Crippen molar-refractivity contribution in [3.63, 3.8) is 0 Å². The number of hydrogen-bond donors (Lipinski definition) is 2. The standard InChI is InChI=1S/C13H15O4/c1-13(16)6-5-10-9(7-13)3-2-4-11(10)17-8-12(14)15/h2-4,16H,1,5-8H2,(H,14,15)/t13-/m1/s1. The van der Waals surface area contributed by atoms with Crippen molar-refractivity contribution in [1.82, 2.24) is 0 Å². The Morgan fingerprint density at radius 2 is 2.29 bits per heavy atom. The zero-order valence-electron chi connectivity index (χ0n) is 9.48. The molecule has 0 amide bonds. The zero-order valence-corrected chi connectivity index (χ0v) is 9.48. The first kappa shape index (κ1) is 11.9. The van der Waals surface area contributed by atoms with Gasteiger partial charge in [-0.15, -0.1) is 0 Å². The summed E-state index contributed by atoms with van der Waals surface area (Å²) in [6.07, 6.45) is 1.70. The molecule has 0 spiro atoms. The van der Waals surface area contributed by atoms with Crippen molar-refractivity contribution < 1.29 is 19.7 Å². The lowest BCUT2D eigenvalue weighted by Gasteiger charge is -2.30. The molecule has 0 saturated heterocycles. The molecular weight excluding hydrogens is 220 g/mol. The Balaban J connectivity index is 2.23. The fraction of sp³-hybridized carbons (Fsp3) is 0.385. The predicted octanol–water partition coefficient (Wildman–Crippen LogP) is 1.20. The van der Waals surface area contributed by atoms with E-state index in [1.54, 1.807) is 12.1 Å². The number of carbonyl (C=O) groups is 1. The minimum absolute atomic E-state index is 0.342. The second-order valence-corrected chi connectivity index (χ2v) is 4.48. The van der Waals surface area contributed by atoms with Crippen LogP contribution in [0, 0.1) is 6.92 Å². The first-order valence-electron chi connectivity index (χ1n) is 5.51. The summed E-state index contributed by atoms with van der Waals surface area (Å²) >= 11 is 0. The number of carboxylic acid groups (broad SMARTS) is 1. The van der Waals surface area contributed by atoms with Crippen LogP contribution in [0.4, 0.5) is 0 Å². The molecule has 17 heavy (non-hydrogen) atoms. The molecular formula is C13H15O4. The number of hydrogen-bond acceptors (Lipinski definition) is 3. The molecule has 2 N–H and O–H groups in total. The van der Waals surface area contributed by atoms with Gasteiger partial charge in [0.05, 0.1) is 5.60 Å².